The van der Waals surface area contributed by atoms with Gasteiger partial charge in [0.05, 0.1) is 5.69 Å². The minimum Gasteiger partial charge on any atom is -0.366 e. The zero-order chi connectivity index (χ0) is 20.2. The number of anilines is 3. The molecule has 1 aliphatic heterocycles. The summed E-state index contributed by atoms with van der Waals surface area (Å²) in [5, 5.41) is 3.48. The maximum Gasteiger partial charge on any atom is 0.227 e. The number of aryl methyl sites for hydroxylation is 1. The van der Waals surface area contributed by atoms with Crippen LogP contribution in [0, 0.1) is 12.7 Å². The van der Waals surface area contributed by atoms with Gasteiger partial charge in [-0.15, -0.1) is 0 Å². The normalized spacial score (nSPS) is 15.3. The van der Waals surface area contributed by atoms with E-state index in [-0.39, 0.29) is 11.9 Å². The Bertz CT molecular complexity index is 954. The fraction of sp³-hybridized carbons (Fsp3) is 0.304. The van der Waals surface area contributed by atoms with E-state index in [1.807, 2.05) is 43.3 Å². The summed E-state index contributed by atoms with van der Waals surface area (Å²) in [6.45, 7) is 7.10. The molecule has 1 aliphatic rings. The quantitative estimate of drug-likeness (QED) is 0.697. The Morgan fingerprint density at radius 1 is 0.897 bits per heavy atom. The highest BCUT2D eigenvalue weighted by Gasteiger charge is 2.21. The van der Waals surface area contributed by atoms with Crippen LogP contribution in [0.4, 0.5) is 21.8 Å². The van der Waals surface area contributed by atoms with Crippen LogP contribution in [0.3, 0.4) is 0 Å². The van der Waals surface area contributed by atoms with Crippen LogP contribution in [0.15, 0.2) is 60.7 Å². The van der Waals surface area contributed by atoms with Crippen LogP contribution in [0.1, 0.15) is 24.2 Å². The topological polar surface area (TPSA) is 44.3 Å². The third kappa shape index (κ3) is 4.47. The average molecular weight is 391 g/mol. The molecule has 150 valence electrons. The van der Waals surface area contributed by atoms with Crippen molar-refractivity contribution in [3.8, 4) is 0 Å². The molecule has 4 rings (SSSR count). The summed E-state index contributed by atoms with van der Waals surface area (Å²) in [4.78, 5) is 13.6. The molecule has 1 unspecified atom stereocenters. The summed E-state index contributed by atoms with van der Waals surface area (Å²) in [6.07, 6.45) is 0. The van der Waals surface area contributed by atoms with E-state index in [2.05, 4.69) is 39.2 Å². The molecule has 0 radical (unpaired) electrons. The van der Waals surface area contributed by atoms with Crippen molar-refractivity contribution in [2.75, 3.05) is 41.3 Å². The molecule has 6 heteroatoms. The highest BCUT2D eigenvalue weighted by Crippen LogP contribution is 2.23. The fourth-order valence-corrected chi connectivity index (χ4v) is 3.67. The lowest BCUT2D eigenvalue weighted by Crippen LogP contribution is -2.47. The summed E-state index contributed by atoms with van der Waals surface area (Å²) >= 11 is 0. The second-order valence-corrected chi connectivity index (χ2v) is 7.40. The molecule has 1 atom stereocenters. The monoisotopic (exact) mass is 391 g/mol. The average Bonchev–Trinajstić information content (AvgIpc) is 2.74. The maximum absolute atomic E-state index is 14.1. The van der Waals surface area contributed by atoms with Crippen LogP contribution >= 0.6 is 0 Å². The van der Waals surface area contributed by atoms with Crippen LogP contribution in [-0.4, -0.2) is 36.1 Å². The van der Waals surface area contributed by atoms with Crippen LogP contribution in [-0.2, 0) is 0 Å². The molecular weight excluding hydrogens is 365 g/mol. The van der Waals surface area contributed by atoms with Gasteiger partial charge < -0.3 is 15.1 Å². The molecule has 0 spiro atoms. The van der Waals surface area contributed by atoms with Crippen molar-refractivity contribution >= 4 is 17.5 Å². The van der Waals surface area contributed by atoms with Crippen LogP contribution in [0.5, 0.6) is 0 Å². The Morgan fingerprint density at radius 2 is 1.55 bits per heavy atom. The van der Waals surface area contributed by atoms with E-state index in [0.717, 1.165) is 43.6 Å². The lowest BCUT2D eigenvalue weighted by molar-refractivity contribution is 0.593. The second-order valence-electron chi connectivity index (χ2n) is 7.40. The van der Waals surface area contributed by atoms with Crippen molar-refractivity contribution < 1.29 is 4.39 Å². The van der Waals surface area contributed by atoms with E-state index in [9.17, 15) is 4.39 Å². The zero-order valence-corrected chi connectivity index (χ0v) is 16.8. The summed E-state index contributed by atoms with van der Waals surface area (Å²) in [5.74, 6) is 1.37. The number of para-hydroxylation sites is 1. The van der Waals surface area contributed by atoms with Gasteiger partial charge in [0.1, 0.15) is 11.6 Å². The van der Waals surface area contributed by atoms with Crippen LogP contribution in [0.2, 0.25) is 0 Å². The van der Waals surface area contributed by atoms with Crippen molar-refractivity contribution in [1.29, 1.82) is 0 Å². The molecule has 1 aromatic heterocycles. The zero-order valence-electron chi connectivity index (χ0n) is 16.8. The molecule has 0 bridgehead atoms. The van der Waals surface area contributed by atoms with Gasteiger partial charge in [0.15, 0.2) is 0 Å². The van der Waals surface area contributed by atoms with Gasteiger partial charge in [-0.3, -0.25) is 0 Å². The summed E-state index contributed by atoms with van der Waals surface area (Å²) in [7, 11) is 0. The molecule has 0 aliphatic carbocycles. The van der Waals surface area contributed by atoms with Gasteiger partial charge in [0.2, 0.25) is 5.95 Å². The molecule has 2 heterocycles. The first kappa shape index (κ1) is 19.2. The SMILES string of the molecule is Cc1cc(NC(C)c2ccccc2)nc(N2CCN(c3ccccc3F)CC2)n1. The molecule has 29 heavy (non-hydrogen) atoms. The highest BCUT2D eigenvalue weighted by atomic mass is 19.1. The number of aromatic nitrogens is 2. The number of benzene rings is 2. The van der Waals surface area contributed by atoms with E-state index >= 15 is 0 Å². The Labute approximate surface area is 171 Å². The van der Waals surface area contributed by atoms with E-state index in [1.165, 1.54) is 11.6 Å². The minimum absolute atomic E-state index is 0.149. The predicted octanol–water partition coefficient (Wildman–Crippen LogP) is 4.42. The molecule has 1 fully saturated rings. The molecule has 2 aromatic carbocycles. The molecule has 1 N–H and O–H groups in total. The van der Waals surface area contributed by atoms with E-state index in [0.29, 0.717) is 5.69 Å². The van der Waals surface area contributed by atoms with Gasteiger partial charge in [-0.2, -0.15) is 4.98 Å². The molecule has 3 aromatic rings. The Kier molecular flexibility index (Phi) is 5.60. The van der Waals surface area contributed by atoms with Crippen LogP contribution < -0.4 is 15.1 Å². The standard InChI is InChI=1S/C23H26FN5/c1-17-16-22(26-18(2)19-8-4-3-5-9-19)27-23(25-17)29-14-12-28(13-15-29)21-11-7-6-10-20(21)24/h3-11,16,18H,12-15H2,1-2H3,(H,25,26,27). The van der Waals surface area contributed by atoms with E-state index in [4.69, 9.17) is 4.98 Å². The summed E-state index contributed by atoms with van der Waals surface area (Å²) in [5.41, 5.74) is 2.80. The number of halogens is 1. The van der Waals surface area contributed by atoms with Crippen molar-refractivity contribution in [3.63, 3.8) is 0 Å². The molecule has 0 amide bonds. The van der Waals surface area contributed by atoms with Crippen molar-refractivity contribution in [1.82, 2.24) is 9.97 Å². The van der Waals surface area contributed by atoms with Crippen molar-refractivity contribution in [2.24, 2.45) is 0 Å². The second kappa shape index (κ2) is 8.47. The van der Waals surface area contributed by atoms with Gasteiger partial charge in [-0.25, -0.2) is 9.37 Å². The summed E-state index contributed by atoms with van der Waals surface area (Å²) in [6, 6.07) is 19.4. The number of hydrogen-bond acceptors (Lipinski definition) is 5. The number of rotatable bonds is 5. The first-order valence-corrected chi connectivity index (χ1v) is 10.0. The van der Waals surface area contributed by atoms with Gasteiger partial charge in [0, 0.05) is 44.0 Å². The number of hydrogen-bond donors (Lipinski definition) is 1. The minimum atomic E-state index is -0.172. The lowest BCUT2D eigenvalue weighted by atomic mass is 10.1. The van der Waals surface area contributed by atoms with Crippen LogP contribution in [0.25, 0.3) is 0 Å². The van der Waals surface area contributed by atoms with Crippen molar-refractivity contribution in [2.45, 2.75) is 19.9 Å². The van der Waals surface area contributed by atoms with Gasteiger partial charge in [-0.05, 0) is 31.5 Å². The largest absolute Gasteiger partial charge is 0.366 e. The van der Waals surface area contributed by atoms with Gasteiger partial charge in [-0.1, -0.05) is 42.5 Å². The lowest BCUT2D eigenvalue weighted by Gasteiger charge is -2.36. The number of piperazine rings is 1. The Balaban J connectivity index is 1.45. The molecular formula is C23H26FN5. The van der Waals surface area contributed by atoms with E-state index in [1.54, 1.807) is 6.07 Å². The first-order chi connectivity index (χ1) is 14.1. The third-order valence-corrected chi connectivity index (χ3v) is 5.26. The maximum atomic E-state index is 14.1. The van der Waals surface area contributed by atoms with Gasteiger partial charge in [0.25, 0.3) is 0 Å². The first-order valence-electron chi connectivity index (χ1n) is 10.0. The van der Waals surface area contributed by atoms with E-state index < -0.39 is 0 Å². The highest BCUT2D eigenvalue weighted by molar-refractivity contribution is 5.51. The van der Waals surface area contributed by atoms with Gasteiger partial charge >= 0.3 is 0 Å². The van der Waals surface area contributed by atoms with Crippen molar-refractivity contribution in [3.05, 3.63) is 77.7 Å². The fourth-order valence-electron chi connectivity index (χ4n) is 3.67. The predicted molar refractivity (Wildman–Crippen MR) is 116 cm³/mol. The summed E-state index contributed by atoms with van der Waals surface area (Å²) < 4.78 is 14.1. The number of nitrogens with zero attached hydrogens (tertiary/aromatic N) is 4. The number of nitrogens with one attached hydrogen (secondary N) is 1. The smallest absolute Gasteiger partial charge is 0.227 e. The molecule has 5 nitrogen and oxygen atoms in total. The Hall–Kier alpha value is -3.15. The third-order valence-electron chi connectivity index (χ3n) is 5.26. The molecule has 1 saturated heterocycles. The molecule has 0 saturated carbocycles. The Morgan fingerprint density at radius 3 is 2.28 bits per heavy atom.